The molecule has 2 aliphatic rings. The molecule has 1 atom stereocenters. The summed E-state index contributed by atoms with van der Waals surface area (Å²) in [6.45, 7) is 2.31. The first kappa shape index (κ1) is 19.8. The molecule has 8 heteroatoms. The summed E-state index contributed by atoms with van der Waals surface area (Å²) in [6, 6.07) is 11.3. The summed E-state index contributed by atoms with van der Waals surface area (Å²) in [4.78, 5) is 35.2. The fourth-order valence-corrected chi connectivity index (χ4v) is 3.71. The summed E-state index contributed by atoms with van der Waals surface area (Å²) in [5, 5.41) is 15.6. The van der Waals surface area contributed by atoms with Gasteiger partial charge in [0.1, 0.15) is 11.2 Å². The largest absolute Gasteiger partial charge is 0.349 e. The first-order valence-electron chi connectivity index (χ1n) is 10.3. The third-order valence-corrected chi connectivity index (χ3v) is 6.00. The Bertz CT molecular complexity index is 995. The molecule has 0 spiro atoms. The van der Waals surface area contributed by atoms with Crippen molar-refractivity contribution in [2.45, 2.75) is 45.1 Å². The number of benzene rings is 1. The zero-order chi connectivity index (χ0) is 21.1. The normalized spacial score (nSPS) is 21.1. The number of rotatable bonds is 6. The van der Waals surface area contributed by atoms with Crippen LogP contribution in [0, 0.1) is 16.7 Å². The molecule has 154 valence electrons. The molecule has 1 aromatic carbocycles. The zero-order valence-electron chi connectivity index (χ0n) is 16.9. The van der Waals surface area contributed by atoms with Crippen LogP contribution in [-0.2, 0) is 4.79 Å². The lowest BCUT2D eigenvalue weighted by molar-refractivity contribution is -0.123. The number of hydrogen-bond acceptors (Lipinski definition) is 6. The van der Waals surface area contributed by atoms with E-state index >= 15 is 0 Å². The minimum atomic E-state index is -0.964. The Labute approximate surface area is 175 Å². The molecule has 0 radical (unpaired) electrons. The lowest BCUT2D eigenvalue weighted by Crippen LogP contribution is -2.39. The van der Waals surface area contributed by atoms with Gasteiger partial charge < -0.3 is 10.6 Å². The maximum Gasteiger partial charge on any atom is 0.251 e. The van der Waals surface area contributed by atoms with Gasteiger partial charge >= 0.3 is 0 Å². The second kappa shape index (κ2) is 8.11. The van der Waals surface area contributed by atoms with Gasteiger partial charge in [-0.25, -0.2) is 4.98 Å². The second-order valence-corrected chi connectivity index (χ2v) is 7.80. The maximum absolute atomic E-state index is 12.7. The molecule has 2 amide bonds. The molecule has 1 aromatic heterocycles. The van der Waals surface area contributed by atoms with Crippen LogP contribution in [0.4, 0.5) is 17.5 Å². The summed E-state index contributed by atoms with van der Waals surface area (Å²) < 4.78 is 0. The number of nitrogens with one attached hydrogen (secondary N) is 2. The van der Waals surface area contributed by atoms with E-state index in [1.165, 1.54) is 6.42 Å². The molecule has 4 rings (SSSR count). The van der Waals surface area contributed by atoms with Crippen molar-refractivity contribution >= 4 is 29.3 Å². The number of hydrogen-bond donors (Lipinski definition) is 2. The van der Waals surface area contributed by atoms with Crippen molar-refractivity contribution in [3.63, 3.8) is 0 Å². The quantitative estimate of drug-likeness (QED) is 0.765. The Morgan fingerprint density at radius 2 is 2.07 bits per heavy atom. The third-order valence-electron chi connectivity index (χ3n) is 6.00. The molecular weight excluding hydrogens is 380 g/mol. The van der Waals surface area contributed by atoms with Crippen molar-refractivity contribution in [2.24, 2.45) is 5.41 Å². The summed E-state index contributed by atoms with van der Waals surface area (Å²) in [5.74, 6) is 0.547. The predicted octanol–water partition coefficient (Wildman–Crippen LogP) is 3.16. The highest BCUT2D eigenvalue weighted by molar-refractivity contribution is 6.01. The highest BCUT2D eigenvalue weighted by Gasteiger charge is 2.46. The highest BCUT2D eigenvalue weighted by atomic mass is 16.2. The lowest BCUT2D eigenvalue weighted by Gasteiger charge is -2.26. The number of aromatic nitrogens is 2. The van der Waals surface area contributed by atoms with Crippen LogP contribution >= 0.6 is 0 Å². The Kier molecular flexibility index (Phi) is 5.36. The van der Waals surface area contributed by atoms with Crippen molar-refractivity contribution in [3.8, 4) is 6.07 Å². The molecule has 1 aliphatic heterocycles. The average Bonchev–Trinajstić information content (AvgIpc) is 3.08. The van der Waals surface area contributed by atoms with Gasteiger partial charge in [0, 0.05) is 30.0 Å². The van der Waals surface area contributed by atoms with Crippen LogP contribution in [0.25, 0.3) is 0 Å². The molecule has 2 aromatic rings. The van der Waals surface area contributed by atoms with E-state index in [-0.39, 0.29) is 11.8 Å². The van der Waals surface area contributed by atoms with Gasteiger partial charge in [-0.3, -0.25) is 14.5 Å². The van der Waals surface area contributed by atoms with E-state index in [1.807, 2.05) is 6.92 Å². The van der Waals surface area contributed by atoms with Crippen LogP contribution in [0.2, 0.25) is 0 Å². The van der Waals surface area contributed by atoms with Crippen molar-refractivity contribution in [1.29, 1.82) is 5.26 Å². The second-order valence-electron chi connectivity index (χ2n) is 7.80. The van der Waals surface area contributed by atoms with Crippen molar-refractivity contribution in [3.05, 3.63) is 42.1 Å². The smallest absolute Gasteiger partial charge is 0.251 e. The molecule has 30 heavy (non-hydrogen) atoms. The van der Waals surface area contributed by atoms with E-state index in [1.54, 1.807) is 41.4 Å². The average molecular weight is 404 g/mol. The van der Waals surface area contributed by atoms with Gasteiger partial charge in [0.05, 0.1) is 6.07 Å². The number of amides is 2. The molecule has 8 nitrogen and oxygen atoms in total. The van der Waals surface area contributed by atoms with Crippen LogP contribution in [0.15, 0.2) is 36.5 Å². The summed E-state index contributed by atoms with van der Waals surface area (Å²) >= 11 is 0. The topological polar surface area (TPSA) is 111 Å². The lowest BCUT2D eigenvalue weighted by atomic mass is 9.85. The van der Waals surface area contributed by atoms with Crippen LogP contribution in [0.1, 0.15) is 49.4 Å². The van der Waals surface area contributed by atoms with Crippen molar-refractivity contribution in [2.75, 3.05) is 16.8 Å². The van der Waals surface area contributed by atoms with Gasteiger partial charge in [-0.05, 0) is 62.4 Å². The van der Waals surface area contributed by atoms with E-state index in [0.717, 1.165) is 18.5 Å². The van der Waals surface area contributed by atoms with Gasteiger partial charge in [0.2, 0.25) is 11.9 Å². The molecule has 0 bridgehead atoms. The van der Waals surface area contributed by atoms with Crippen LogP contribution in [-0.4, -0.2) is 34.4 Å². The van der Waals surface area contributed by atoms with E-state index in [4.69, 9.17) is 0 Å². The molecule has 2 N–H and O–H groups in total. The van der Waals surface area contributed by atoms with Gasteiger partial charge in [-0.2, -0.15) is 10.2 Å². The minimum absolute atomic E-state index is 0.0612. The Hall–Kier alpha value is -3.47. The fraction of sp³-hybridized carbons (Fsp3) is 0.409. The van der Waals surface area contributed by atoms with Gasteiger partial charge in [0.25, 0.3) is 5.91 Å². The number of anilines is 3. The summed E-state index contributed by atoms with van der Waals surface area (Å²) in [6.07, 6.45) is 5.83. The number of carbonyl (C=O) groups excluding carboxylic acids is 2. The fourth-order valence-electron chi connectivity index (χ4n) is 3.71. The number of carbonyl (C=O) groups is 2. The first-order valence-corrected chi connectivity index (χ1v) is 10.3. The van der Waals surface area contributed by atoms with Crippen LogP contribution in [0.5, 0.6) is 0 Å². The molecule has 2 heterocycles. The Morgan fingerprint density at radius 3 is 2.67 bits per heavy atom. The Balaban J connectivity index is 1.44. The van der Waals surface area contributed by atoms with Crippen molar-refractivity contribution < 1.29 is 9.59 Å². The highest BCUT2D eigenvalue weighted by Crippen LogP contribution is 2.36. The summed E-state index contributed by atoms with van der Waals surface area (Å²) in [7, 11) is 0. The van der Waals surface area contributed by atoms with Gasteiger partial charge in [-0.1, -0.05) is 6.92 Å². The summed E-state index contributed by atoms with van der Waals surface area (Å²) in [5.41, 5.74) is 0.381. The van der Waals surface area contributed by atoms with E-state index in [9.17, 15) is 14.9 Å². The number of nitrogens with zero attached hydrogens (tertiary/aromatic N) is 4. The van der Waals surface area contributed by atoms with Crippen molar-refractivity contribution in [1.82, 2.24) is 15.3 Å². The maximum atomic E-state index is 12.7. The minimum Gasteiger partial charge on any atom is -0.349 e. The molecule has 0 unspecified atom stereocenters. The SMILES string of the molecule is CC[C@]1(C#N)CCN(c2ccnc(Nc3ccc(C(=O)NC4CCC4)cc3)n2)C1=O. The molecule has 1 saturated carbocycles. The van der Waals surface area contributed by atoms with E-state index in [2.05, 4.69) is 26.7 Å². The van der Waals surface area contributed by atoms with Gasteiger partial charge in [0.15, 0.2) is 0 Å². The van der Waals surface area contributed by atoms with Crippen LogP contribution < -0.4 is 15.5 Å². The first-order chi connectivity index (χ1) is 14.5. The molecule has 1 aliphatic carbocycles. The monoisotopic (exact) mass is 404 g/mol. The van der Waals surface area contributed by atoms with Crippen LogP contribution in [0.3, 0.4) is 0 Å². The standard InChI is InChI=1S/C22H24N6O2/c1-2-22(14-23)11-13-28(20(22)30)18-10-12-24-21(27-18)26-17-8-6-15(7-9-17)19(29)25-16-4-3-5-16/h6-10,12,16H,2-5,11,13H2,1H3,(H,25,29)(H,24,26,27)/t22-/m1/s1. The predicted molar refractivity (Wildman–Crippen MR) is 112 cm³/mol. The van der Waals surface area contributed by atoms with E-state index in [0.29, 0.717) is 42.8 Å². The number of nitriles is 1. The molecule has 1 saturated heterocycles. The molecule has 2 fully saturated rings. The zero-order valence-corrected chi connectivity index (χ0v) is 16.9. The molecular formula is C22H24N6O2. The van der Waals surface area contributed by atoms with Gasteiger partial charge in [-0.15, -0.1) is 0 Å². The van der Waals surface area contributed by atoms with E-state index < -0.39 is 5.41 Å². The Morgan fingerprint density at radius 1 is 1.30 bits per heavy atom. The third kappa shape index (κ3) is 3.71.